The molecule has 1 aliphatic rings. The van der Waals surface area contributed by atoms with Crippen molar-refractivity contribution in [1.29, 1.82) is 5.26 Å². The van der Waals surface area contributed by atoms with Crippen LogP contribution in [0, 0.1) is 23.3 Å². The quantitative estimate of drug-likeness (QED) is 0.398. The minimum absolute atomic E-state index is 0.472. The predicted octanol–water partition coefficient (Wildman–Crippen LogP) is 0.711. The molecule has 0 aromatic rings. The van der Waals surface area contributed by atoms with E-state index in [1.807, 2.05) is 6.19 Å². The van der Waals surface area contributed by atoms with Crippen molar-refractivity contribution in [2.24, 2.45) is 11.8 Å². The van der Waals surface area contributed by atoms with E-state index in [-0.39, 0.29) is 0 Å². The van der Waals surface area contributed by atoms with Gasteiger partial charge in [-0.25, -0.2) is 0 Å². The van der Waals surface area contributed by atoms with Gasteiger partial charge in [0.05, 0.1) is 0 Å². The summed E-state index contributed by atoms with van der Waals surface area (Å²) in [6, 6.07) is 0.472. The summed E-state index contributed by atoms with van der Waals surface area (Å²) in [6.45, 7) is 4.30. The van der Waals surface area contributed by atoms with E-state index in [0.29, 0.717) is 17.9 Å². The van der Waals surface area contributed by atoms with Crippen LogP contribution in [-0.4, -0.2) is 6.04 Å². The summed E-state index contributed by atoms with van der Waals surface area (Å²) >= 11 is 0. The summed E-state index contributed by atoms with van der Waals surface area (Å²) in [7, 11) is 0. The molecule has 44 valence electrons. The van der Waals surface area contributed by atoms with Crippen LogP contribution in [0.4, 0.5) is 0 Å². The number of rotatable bonds is 1. The maximum atomic E-state index is 8.15. The molecule has 0 heterocycles. The van der Waals surface area contributed by atoms with E-state index in [9.17, 15) is 0 Å². The second-order valence-electron chi connectivity index (χ2n) is 2.50. The van der Waals surface area contributed by atoms with Gasteiger partial charge in [-0.2, -0.15) is 5.26 Å². The summed E-state index contributed by atoms with van der Waals surface area (Å²) in [5.74, 6) is 1.41. The van der Waals surface area contributed by atoms with E-state index in [2.05, 4.69) is 19.2 Å². The van der Waals surface area contributed by atoms with Gasteiger partial charge in [-0.05, 0) is 11.8 Å². The maximum absolute atomic E-state index is 8.15. The van der Waals surface area contributed by atoms with Crippen molar-refractivity contribution in [3.63, 3.8) is 0 Å². The molecular weight excluding hydrogens is 100 g/mol. The number of hydrogen-bond acceptors (Lipinski definition) is 2. The maximum Gasteiger partial charge on any atom is 0.176 e. The van der Waals surface area contributed by atoms with Gasteiger partial charge < -0.3 is 5.32 Å². The standard InChI is InChI=1S/C6H10N2/c1-4-5(2)6(4)8-3-7/h4-6,8H,1-2H3. The van der Waals surface area contributed by atoms with Crippen LogP contribution < -0.4 is 5.32 Å². The summed E-state index contributed by atoms with van der Waals surface area (Å²) in [5.41, 5.74) is 0. The largest absolute Gasteiger partial charge is 0.320 e. The fourth-order valence-corrected chi connectivity index (χ4v) is 1.00. The SMILES string of the molecule is CC1C(C)C1NC#N. The first-order chi connectivity index (χ1) is 3.77. The third-order valence-electron chi connectivity index (χ3n) is 2.05. The first kappa shape index (κ1) is 5.43. The number of hydrogen-bond donors (Lipinski definition) is 1. The van der Waals surface area contributed by atoms with Crippen LogP contribution in [0.15, 0.2) is 0 Å². The first-order valence-electron chi connectivity index (χ1n) is 2.92. The third-order valence-corrected chi connectivity index (χ3v) is 2.05. The molecule has 0 radical (unpaired) electrons. The first-order valence-corrected chi connectivity index (χ1v) is 2.92. The highest BCUT2D eigenvalue weighted by molar-refractivity contribution is 5.00. The van der Waals surface area contributed by atoms with Crippen LogP contribution in [-0.2, 0) is 0 Å². The summed E-state index contributed by atoms with van der Waals surface area (Å²) in [6.07, 6.45) is 1.94. The van der Waals surface area contributed by atoms with E-state index in [1.165, 1.54) is 0 Å². The lowest BCUT2D eigenvalue weighted by molar-refractivity contribution is 0.786. The topological polar surface area (TPSA) is 35.8 Å². The van der Waals surface area contributed by atoms with Gasteiger partial charge in [0.2, 0.25) is 0 Å². The van der Waals surface area contributed by atoms with Crippen LogP contribution in [0.1, 0.15) is 13.8 Å². The van der Waals surface area contributed by atoms with E-state index in [4.69, 9.17) is 5.26 Å². The molecule has 0 aliphatic heterocycles. The Kier molecular flexibility index (Phi) is 1.13. The van der Waals surface area contributed by atoms with Gasteiger partial charge in [0.15, 0.2) is 6.19 Å². The minimum atomic E-state index is 0.472. The molecule has 0 saturated heterocycles. The molecule has 2 nitrogen and oxygen atoms in total. The molecular formula is C6H10N2. The molecule has 0 spiro atoms. The molecule has 1 rings (SSSR count). The van der Waals surface area contributed by atoms with Gasteiger partial charge in [0.1, 0.15) is 0 Å². The lowest BCUT2D eigenvalue weighted by Crippen LogP contribution is -2.10. The molecule has 2 unspecified atom stereocenters. The van der Waals surface area contributed by atoms with Crippen LogP contribution in [0.2, 0.25) is 0 Å². The Morgan fingerprint density at radius 2 is 1.88 bits per heavy atom. The van der Waals surface area contributed by atoms with E-state index in [0.717, 1.165) is 0 Å². The molecule has 1 N–H and O–H groups in total. The van der Waals surface area contributed by atoms with Crippen LogP contribution in [0.5, 0.6) is 0 Å². The molecule has 0 bridgehead atoms. The normalized spacial score (nSPS) is 42.9. The van der Waals surface area contributed by atoms with E-state index >= 15 is 0 Å². The predicted molar refractivity (Wildman–Crippen MR) is 30.9 cm³/mol. The lowest BCUT2D eigenvalue weighted by atomic mass is 10.4. The van der Waals surface area contributed by atoms with Gasteiger partial charge in [-0.1, -0.05) is 13.8 Å². The average molecular weight is 110 g/mol. The van der Waals surface area contributed by atoms with Gasteiger partial charge in [0.25, 0.3) is 0 Å². The number of nitrogens with one attached hydrogen (secondary N) is 1. The molecule has 0 aromatic carbocycles. The van der Waals surface area contributed by atoms with Crippen molar-refractivity contribution in [3.05, 3.63) is 0 Å². The number of nitrogens with zero attached hydrogens (tertiary/aromatic N) is 1. The van der Waals surface area contributed by atoms with Crippen LogP contribution >= 0.6 is 0 Å². The van der Waals surface area contributed by atoms with Gasteiger partial charge in [-0.3, -0.25) is 0 Å². The summed E-state index contributed by atoms with van der Waals surface area (Å²) < 4.78 is 0. The summed E-state index contributed by atoms with van der Waals surface area (Å²) in [5, 5.41) is 10.9. The smallest absolute Gasteiger partial charge is 0.176 e. The van der Waals surface area contributed by atoms with E-state index < -0.39 is 0 Å². The van der Waals surface area contributed by atoms with Crippen LogP contribution in [0.25, 0.3) is 0 Å². The average Bonchev–Trinajstić information content (AvgIpc) is 2.25. The molecule has 8 heavy (non-hydrogen) atoms. The Hall–Kier alpha value is -0.710. The zero-order valence-electron chi connectivity index (χ0n) is 5.18. The zero-order valence-corrected chi connectivity index (χ0v) is 5.18. The highest BCUT2D eigenvalue weighted by Crippen LogP contribution is 2.37. The molecule has 0 aromatic heterocycles. The van der Waals surface area contributed by atoms with Crippen molar-refractivity contribution < 1.29 is 0 Å². The molecule has 1 fully saturated rings. The van der Waals surface area contributed by atoms with Gasteiger partial charge >= 0.3 is 0 Å². The fourth-order valence-electron chi connectivity index (χ4n) is 1.00. The van der Waals surface area contributed by atoms with Gasteiger partial charge in [-0.15, -0.1) is 0 Å². The minimum Gasteiger partial charge on any atom is -0.320 e. The Labute approximate surface area is 49.5 Å². The van der Waals surface area contributed by atoms with Crippen molar-refractivity contribution in [1.82, 2.24) is 5.32 Å². The highest BCUT2D eigenvalue weighted by atomic mass is 15.0. The third kappa shape index (κ3) is 0.645. The Morgan fingerprint density at radius 3 is 2.00 bits per heavy atom. The van der Waals surface area contributed by atoms with E-state index in [1.54, 1.807) is 0 Å². The molecule has 2 atom stereocenters. The molecule has 1 saturated carbocycles. The highest BCUT2D eigenvalue weighted by Gasteiger charge is 2.42. The number of nitriles is 1. The second kappa shape index (κ2) is 1.66. The van der Waals surface area contributed by atoms with Gasteiger partial charge in [0, 0.05) is 6.04 Å². The summed E-state index contributed by atoms with van der Waals surface area (Å²) in [4.78, 5) is 0. The lowest BCUT2D eigenvalue weighted by Gasteiger charge is -1.85. The fraction of sp³-hybridized carbons (Fsp3) is 0.833. The Morgan fingerprint density at radius 1 is 1.38 bits per heavy atom. The Balaban J connectivity index is 2.26. The van der Waals surface area contributed by atoms with Crippen molar-refractivity contribution in [2.45, 2.75) is 19.9 Å². The molecule has 1 aliphatic carbocycles. The van der Waals surface area contributed by atoms with Crippen molar-refractivity contribution in [2.75, 3.05) is 0 Å². The second-order valence-corrected chi connectivity index (χ2v) is 2.50. The molecule has 0 amide bonds. The zero-order chi connectivity index (χ0) is 6.15. The van der Waals surface area contributed by atoms with Crippen molar-refractivity contribution in [3.8, 4) is 6.19 Å². The monoisotopic (exact) mass is 110 g/mol. The molecule has 2 heteroatoms. The van der Waals surface area contributed by atoms with Crippen molar-refractivity contribution >= 4 is 0 Å². The van der Waals surface area contributed by atoms with Crippen LogP contribution in [0.3, 0.4) is 0 Å². The Bertz CT molecular complexity index is 117.